The summed E-state index contributed by atoms with van der Waals surface area (Å²) in [4.78, 5) is 11.4. The summed E-state index contributed by atoms with van der Waals surface area (Å²) in [6.45, 7) is 0. The summed E-state index contributed by atoms with van der Waals surface area (Å²) in [5, 5.41) is 0. The number of nitrogens with two attached hydrogens (primary N) is 1. The number of anilines is 1. The molecule has 0 saturated carbocycles. The van der Waals surface area contributed by atoms with Gasteiger partial charge in [-0.2, -0.15) is 0 Å². The van der Waals surface area contributed by atoms with Crippen LogP contribution in [-0.4, -0.2) is 20.1 Å². The summed E-state index contributed by atoms with van der Waals surface area (Å²) in [6.07, 6.45) is 0. The number of rotatable bonds is 6. The Bertz CT molecular complexity index is 777. The molecular formula is C14H13FN2O3S2. The standard InChI is InChI=1S/C14H13FN2O3S2/c15-10-5-7-11(8-6-10)22(19,20)17-12-3-1-2-4-13(12)21-9-14(16)18/h1-8,17H,9H2,(H2,16,18). The molecule has 0 aliphatic rings. The van der Waals surface area contributed by atoms with Crippen LogP contribution in [0.15, 0.2) is 58.3 Å². The van der Waals surface area contributed by atoms with Gasteiger partial charge in [0.15, 0.2) is 0 Å². The average Bonchev–Trinajstić information content (AvgIpc) is 2.46. The molecule has 0 aliphatic carbocycles. The molecular weight excluding hydrogens is 327 g/mol. The van der Waals surface area contributed by atoms with Crippen molar-refractivity contribution < 1.29 is 17.6 Å². The molecule has 22 heavy (non-hydrogen) atoms. The van der Waals surface area contributed by atoms with Crippen LogP contribution in [0.1, 0.15) is 0 Å². The predicted molar refractivity (Wildman–Crippen MR) is 83.6 cm³/mol. The Balaban J connectivity index is 2.26. The molecule has 0 radical (unpaired) electrons. The topological polar surface area (TPSA) is 89.3 Å². The van der Waals surface area contributed by atoms with Gasteiger partial charge in [-0.05, 0) is 36.4 Å². The molecule has 2 aromatic carbocycles. The SMILES string of the molecule is NC(=O)CSc1ccccc1NS(=O)(=O)c1ccc(F)cc1. The molecule has 0 fully saturated rings. The summed E-state index contributed by atoms with van der Waals surface area (Å²) < 4.78 is 39.8. The first-order valence-corrected chi connectivity index (χ1v) is 8.64. The van der Waals surface area contributed by atoms with Crippen LogP contribution in [0.2, 0.25) is 0 Å². The number of amides is 1. The molecule has 0 aromatic heterocycles. The highest BCUT2D eigenvalue weighted by Gasteiger charge is 2.16. The van der Waals surface area contributed by atoms with Crippen LogP contribution in [0.4, 0.5) is 10.1 Å². The van der Waals surface area contributed by atoms with Gasteiger partial charge < -0.3 is 5.73 Å². The van der Waals surface area contributed by atoms with Crippen molar-refractivity contribution in [2.24, 2.45) is 5.73 Å². The molecule has 5 nitrogen and oxygen atoms in total. The molecule has 2 rings (SSSR count). The summed E-state index contributed by atoms with van der Waals surface area (Å²) in [5.41, 5.74) is 5.42. The highest BCUT2D eigenvalue weighted by atomic mass is 32.2. The molecule has 0 bridgehead atoms. The fourth-order valence-corrected chi connectivity index (χ4v) is 3.53. The van der Waals surface area contributed by atoms with Crippen molar-refractivity contribution in [3.8, 4) is 0 Å². The minimum absolute atomic E-state index is 0.0370. The van der Waals surface area contributed by atoms with Crippen molar-refractivity contribution in [2.75, 3.05) is 10.5 Å². The maximum atomic E-state index is 12.9. The van der Waals surface area contributed by atoms with E-state index in [-0.39, 0.29) is 10.6 Å². The number of nitrogens with one attached hydrogen (secondary N) is 1. The van der Waals surface area contributed by atoms with E-state index in [1.165, 1.54) is 12.1 Å². The van der Waals surface area contributed by atoms with E-state index in [0.29, 0.717) is 10.6 Å². The third kappa shape index (κ3) is 4.22. The van der Waals surface area contributed by atoms with Crippen LogP contribution < -0.4 is 10.5 Å². The number of benzene rings is 2. The summed E-state index contributed by atoms with van der Waals surface area (Å²) in [7, 11) is -3.84. The molecule has 2 aromatic rings. The minimum Gasteiger partial charge on any atom is -0.369 e. The lowest BCUT2D eigenvalue weighted by atomic mass is 10.3. The summed E-state index contributed by atoms with van der Waals surface area (Å²) in [6, 6.07) is 11.1. The van der Waals surface area contributed by atoms with Crippen molar-refractivity contribution in [3.05, 3.63) is 54.3 Å². The van der Waals surface area contributed by atoms with Gasteiger partial charge in [0.25, 0.3) is 10.0 Å². The van der Waals surface area contributed by atoms with E-state index in [1.54, 1.807) is 24.3 Å². The van der Waals surface area contributed by atoms with Crippen LogP contribution in [-0.2, 0) is 14.8 Å². The number of primary amides is 1. The number of thioether (sulfide) groups is 1. The predicted octanol–water partition coefficient (Wildman–Crippen LogP) is 2.20. The highest BCUT2D eigenvalue weighted by Crippen LogP contribution is 2.28. The smallest absolute Gasteiger partial charge is 0.261 e. The van der Waals surface area contributed by atoms with Gasteiger partial charge in [-0.3, -0.25) is 9.52 Å². The first-order valence-electron chi connectivity index (χ1n) is 6.17. The molecule has 0 aliphatic heterocycles. The van der Waals surface area contributed by atoms with Crippen molar-refractivity contribution >= 4 is 33.4 Å². The van der Waals surface area contributed by atoms with Crippen molar-refractivity contribution in [1.29, 1.82) is 0 Å². The maximum absolute atomic E-state index is 12.9. The molecule has 0 heterocycles. The highest BCUT2D eigenvalue weighted by molar-refractivity contribution is 8.00. The van der Waals surface area contributed by atoms with Crippen LogP contribution >= 0.6 is 11.8 Å². The number of carbonyl (C=O) groups is 1. The zero-order valence-electron chi connectivity index (χ0n) is 11.3. The van der Waals surface area contributed by atoms with E-state index >= 15 is 0 Å². The Morgan fingerprint density at radius 1 is 1.14 bits per heavy atom. The largest absolute Gasteiger partial charge is 0.369 e. The fraction of sp³-hybridized carbons (Fsp3) is 0.0714. The molecule has 0 spiro atoms. The second-order valence-corrected chi connectivity index (χ2v) is 7.01. The van der Waals surface area contributed by atoms with Gasteiger partial charge in [0, 0.05) is 4.90 Å². The van der Waals surface area contributed by atoms with E-state index in [4.69, 9.17) is 5.73 Å². The first-order chi connectivity index (χ1) is 10.4. The van der Waals surface area contributed by atoms with Gasteiger partial charge in [-0.25, -0.2) is 12.8 Å². The van der Waals surface area contributed by atoms with E-state index < -0.39 is 21.7 Å². The van der Waals surface area contributed by atoms with E-state index in [2.05, 4.69) is 4.72 Å². The zero-order chi connectivity index (χ0) is 16.2. The number of carbonyl (C=O) groups excluding carboxylic acids is 1. The van der Waals surface area contributed by atoms with E-state index in [0.717, 1.165) is 23.9 Å². The van der Waals surface area contributed by atoms with E-state index in [1.807, 2.05) is 0 Å². The molecule has 116 valence electrons. The van der Waals surface area contributed by atoms with Gasteiger partial charge in [-0.15, -0.1) is 11.8 Å². The Morgan fingerprint density at radius 3 is 2.41 bits per heavy atom. The average molecular weight is 340 g/mol. The third-order valence-electron chi connectivity index (χ3n) is 2.63. The Kier molecular flexibility index (Phi) is 5.04. The number of halogens is 1. The van der Waals surface area contributed by atoms with E-state index in [9.17, 15) is 17.6 Å². The number of para-hydroxylation sites is 1. The Labute approximate surface area is 131 Å². The van der Waals surface area contributed by atoms with Gasteiger partial charge >= 0.3 is 0 Å². The van der Waals surface area contributed by atoms with Gasteiger partial charge in [0.1, 0.15) is 5.82 Å². The second-order valence-electron chi connectivity index (χ2n) is 4.31. The maximum Gasteiger partial charge on any atom is 0.261 e. The van der Waals surface area contributed by atoms with Gasteiger partial charge in [-0.1, -0.05) is 12.1 Å². The van der Waals surface area contributed by atoms with Gasteiger partial charge in [0.05, 0.1) is 16.3 Å². The summed E-state index contributed by atoms with van der Waals surface area (Å²) >= 11 is 1.13. The zero-order valence-corrected chi connectivity index (χ0v) is 13.0. The lowest BCUT2D eigenvalue weighted by molar-refractivity contribution is -0.115. The fourth-order valence-electron chi connectivity index (χ4n) is 1.64. The van der Waals surface area contributed by atoms with Crippen molar-refractivity contribution in [1.82, 2.24) is 0 Å². The molecule has 3 N–H and O–H groups in total. The minimum atomic E-state index is -3.84. The first kappa shape index (κ1) is 16.3. The lowest BCUT2D eigenvalue weighted by Crippen LogP contribution is -2.15. The number of sulfonamides is 1. The number of hydrogen-bond acceptors (Lipinski definition) is 4. The Morgan fingerprint density at radius 2 is 1.77 bits per heavy atom. The molecule has 0 unspecified atom stereocenters. The Hall–Kier alpha value is -2.06. The van der Waals surface area contributed by atoms with Crippen LogP contribution in [0.5, 0.6) is 0 Å². The molecule has 8 heteroatoms. The van der Waals surface area contributed by atoms with Crippen LogP contribution in [0, 0.1) is 5.82 Å². The second kappa shape index (κ2) is 6.80. The van der Waals surface area contributed by atoms with Crippen LogP contribution in [0.3, 0.4) is 0 Å². The van der Waals surface area contributed by atoms with Crippen molar-refractivity contribution in [3.63, 3.8) is 0 Å². The molecule has 1 amide bonds. The number of hydrogen-bond donors (Lipinski definition) is 2. The third-order valence-corrected chi connectivity index (χ3v) is 5.10. The molecule has 0 atom stereocenters. The van der Waals surface area contributed by atoms with Crippen LogP contribution in [0.25, 0.3) is 0 Å². The van der Waals surface area contributed by atoms with Crippen molar-refractivity contribution in [2.45, 2.75) is 9.79 Å². The lowest BCUT2D eigenvalue weighted by Gasteiger charge is -2.11. The molecule has 0 saturated heterocycles. The van der Waals surface area contributed by atoms with Gasteiger partial charge in [0.2, 0.25) is 5.91 Å². The summed E-state index contributed by atoms with van der Waals surface area (Å²) in [5.74, 6) is -0.979. The quantitative estimate of drug-likeness (QED) is 0.789. The monoisotopic (exact) mass is 340 g/mol. The normalized spacial score (nSPS) is 11.1.